The summed E-state index contributed by atoms with van der Waals surface area (Å²) in [6.07, 6.45) is 0. The third-order valence-electron chi connectivity index (χ3n) is 2.65. The van der Waals surface area contributed by atoms with E-state index in [1.807, 2.05) is 0 Å². The van der Waals surface area contributed by atoms with Crippen molar-refractivity contribution in [2.45, 2.75) is 13.8 Å². The van der Waals surface area contributed by atoms with Crippen LogP contribution in [0.1, 0.15) is 11.1 Å². The molecular weight excluding hydrogens is 303 g/mol. The van der Waals surface area contributed by atoms with Gasteiger partial charge < -0.3 is 14.7 Å². The first kappa shape index (κ1) is 17.9. The molecule has 0 aromatic heterocycles. The molecule has 0 spiro atoms. The van der Waals surface area contributed by atoms with Gasteiger partial charge in [0.15, 0.2) is 0 Å². The third kappa shape index (κ3) is 8.88. The molecule has 0 amide bonds. The van der Waals surface area contributed by atoms with E-state index in [-0.39, 0.29) is 0 Å². The fourth-order valence-electron chi connectivity index (χ4n) is 1.65. The van der Waals surface area contributed by atoms with Crippen LogP contribution in [0.5, 0.6) is 0 Å². The van der Waals surface area contributed by atoms with Crippen molar-refractivity contribution < 1.29 is 19.2 Å². The van der Waals surface area contributed by atoms with Crippen LogP contribution in [0.4, 0.5) is 0 Å². The van der Waals surface area contributed by atoms with Gasteiger partial charge in [0, 0.05) is 0 Å². The predicted octanol–water partition coefficient (Wildman–Crippen LogP) is 1.03. The van der Waals surface area contributed by atoms with Crippen LogP contribution >= 0.6 is 7.82 Å². The molecule has 4 nitrogen and oxygen atoms in total. The summed E-state index contributed by atoms with van der Waals surface area (Å²) < 4.78 is 12.0. The fraction of sp³-hybridized carbons (Fsp3) is 0.143. The summed E-state index contributed by atoms with van der Waals surface area (Å²) in [6.45, 7) is 4.28. The minimum absolute atomic E-state index is 0.719. The van der Waals surface area contributed by atoms with E-state index in [9.17, 15) is 0 Å². The van der Waals surface area contributed by atoms with Gasteiger partial charge in [-0.15, -0.1) is 0 Å². The van der Waals surface area contributed by atoms with Gasteiger partial charge >= 0.3 is 118 Å². The largest absolute Gasteiger partial charge is 0.466 e. The van der Waals surface area contributed by atoms with Crippen molar-refractivity contribution in [1.29, 1.82) is 0 Å². The zero-order valence-electron chi connectivity index (χ0n) is 11.5. The number of hydrogen-bond acceptors (Lipinski definition) is 1. The molecule has 0 aliphatic heterocycles. The maximum absolute atomic E-state index is 8.88. The molecule has 0 unspecified atom stereocenters. The molecule has 6 heteroatoms. The van der Waals surface area contributed by atoms with E-state index in [2.05, 4.69) is 62.4 Å². The Morgan fingerprint density at radius 2 is 1.00 bits per heavy atom. The van der Waals surface area contributed by atoms with Crippen LogP contribution in [-0.4, -0.2) is 48.5 Å². The number of aryl methyl sites for hydroxylation is 2. The second-order valence-electron chi connectivity index (χ2n) is 4.66. The summed E-state index contributed by atoms with van der Waals surface area (Å²) in [4.78, 5) is 21.6. The van der Waals surface area contributed by atoms with Gasteiger partial charge in [-0.3, -0.25) is 0 Å². The van der Waals surface area contributed by atoms with Gasteiger partial charge in [-0.1, -0.05) is 0 Å². The molecule has 2 rings (SSSR count). The first-order chi connectivity index (χ1) is 9.24. The monoisotopic (exact) mass is 320 g/mol. The molecule has 2 aromatic rings. The molecule has 0 heterocycles. The summed E-state index contributed by atoms with van der Waals surface area (Å²) in [7, 11) is -4.64. The molecule has 0 saturated carbocycles. The summed E-state index contributed by atoms with van der Waals surface area (Å²) in [6, 6.07) is 18.0. The molecule has 3 N–H and O–H groups in total. The molecule has 0 bridgehead atoms. The quantitative estimate of drug-likeness (QED) is 0.570. The first-order valence-electron chi connectivity index (χ1n) is 6.13. The van der Waals surface area contributed by atoms with E-state index in [1.54, 1.807) is 3.32 Å². The Morgan fingerprint density at radius 1 is 0.750 bits per heavy atom. The summed E-state index contributed by atoms with van der Waals surface area (Å²) in [5, 5.41) is 0. The molecular formula is C14H17CaO4P. The molecule has 20 heavy (non-hydrogen) atoms. The minimum atomic E-state index is -4.64. The number of benzene rings is 2. The molecule has 0 fully saturated rings. The zero-order valence-corrected chi connectivity index (χ0v) is 14.6. The smallest absolute Gasteiger partial charge is 0.303 e. The van der Waals surface area contributed by atoms with Crippen LogP contribution in [0, 0.1) is 13.8 Å². The van der Waals surface area contributed by atoms with Crippen molar-refractivity contribution in [1.82, 2.24) is 0 Å². The topological polar surface area (TPSA) is 77.8 Å². The van der Waals surface area contributed by atoms with Crippen LogP contribution in [0.15, 0.2) is 48.5 Å². The van der Waals surface area contributed by atoms with Crippen molar-refractivity contribution in [3.63, 3.8) is 0 Å². The minimum Gasteiger partial charge on any atom is -0.303 e. The van der Waals surface area contributed by atoms with Crippen LogP contribution in [-0.2, 0) is 4.57 Å². The van der Waals surface area contributed by atoms with E-state index in [0.29, 0.717) is 0 Å². The molecule has 0 aliphatic carbocycles. The van der Waals surface area contributed by atoms with Gasteiger partial charge in [0.1, 0.15) is 0 Å². The standard InChI is InChI=1S/2C7H7.Ca.H3O4P/c2*1-7-5-3-2-4-6-7;;1-5(2,3)4/h2*3-6H,1H3;;(H3,1,2,3,4). The van der Waals surface area contributed by atoms with Gasteiger partial charge in [0.25, 0.3) is 0 Å². The number of phosphoric acid groups is 1. The maximum Gasteiger partial charge on any atom is 0.466 e. The molecule has 0 atom stereocenters. The zero-order chi connectivity index (χ0) is 15.2. The normalized spacial score (nSPS) is 10.2. The summed E-state index contributed by atoms with van der Waals surface area (Å²) >= 11 is -0.719. The van der Waals surface area contributed by atoms with E-state index in [1.165, 1.54) is 11.1 Å². The SMILES string of the molecule is Cc1cc[c]([Ca][c]2ccc(C)cc2)cc1.O=P(O)(O)O. The second kappa shape index (κ2) is 8.30. The Hall–Kier alpha value is -0.190. The maximum atomic E-state index is 8.88. The van der Waals surface area contributed by atoms with Crippen LogP contribution in [0.3, 0.4) is 0 Å². The van der Waals surface area contributed by atoms with E-state index >= 15 is 0 Å². The van der Waals surface area contributed by atoms with Crippen molar-refractivity contribution in [3.8, 4) is 0 Å². The van der Waals surface area contributed by atoms with Crippen LogP contribution in [0.25, 0.3) is 0 Å². The van der Waals surface area contributed by atoms with Gasteiger partial charge in [-0.25, -0.2) is 4.57 Å². The third-order valence-corrected chi connectivity index (χ3v) is 5.40. The Morgan fingerprint density at radius 3 is 1.25 bits per heavy atom. The Labute approximate surface area is 137 Å². The second-order valence-corrected chi connectivity index (χ2v) is 8.79. The number of rotatable bonds is 2. The van der Waals surface area contributed by atoms with Crippen LogP contribution in [0.2, 0.25) is 0 Å². The average molecular weight is 320 g/mol. The Balaban J connectivity index is 0.000000347. The van der Waals surface area contributed by atoms with Crippen molar-refractivity contribution in [3.05, 3.63) is 59.7 Å². The van der Waals surface area contributed by atoms with Gasteiger partial charge in [-0.2, -0.15) is 0 Å². The summed E-state index contributed by atoms with van der Waals surface area (Å²) in [5.74, 6) is 0. The van der Waals surface area contributed by atoms with E-state index in [0.717, 1.165) is 0 Å². The van der Waals surface area contributed by atoms with E-state index < -0.39 is 41.7 Å². The van der Waals surface area contributed by atoms with Gasteiger partial charge in [0.2, 0.25) is 0 Å². The molecule has 0 aliphatic rings. The van der Waals surface area contributed by atoms with Crippen molar-refractivity contribution in [2.75, 3.05) is 0 Å². The van der Waals surface area contributed by atoms with Crippen molar-refractivity contribution >= 4 is 45.0 Å². The molecule has 0 radical (unpaired) electrons. The fourth-order valence-corrected chi connectivity index (χ4v) is 3.86. The van der Waals surface area contributed by atoms with Gasteiger partial charge in [-0.05, 0) is 0 Å². The van der Waals surface area contributed by atoms with E-state index in [4.69, 9.17) is 19.2 Å². The van der Waals surface area contributed by atoms with Crippen molar-refractivity contribution in [2.24, 2.45) is 0 Å². The first-order valence-corrected chi connectivity index (χ1v) is 9.91. The summed E-state index contributed by atoms with van der Waals surface area (Å²) in [5.41, 5.74) is 2.70. The Bertz CT molecular complexity index is 523. The van der Waals surface area contributed by atoms with Gasteiger partial charge in [0.05, 0.1) is 0 Å². The predicted molar refractivity (Wildman–Crippen MR) is 81.6 cm³/mol. The molecule has 2 aromatic carbocycles. The number of hydrogen-bond donors (Lipinski definition) is 3. The molecule has 0 saturated heterocycles. The average Bonchev–Trinajstić information content (AvgIpc) is 2.33. The molecule has 104 valence electrons. The van der Waals surface area contributed by atoms with Crippen LogP contribution < -0.4 is 3.32 Å². The Kier molecular flexibility index (Phi) is 7.41.